The fraction of sp³-hybridized carbons (Fsp3) is 0.345. The minimum atomic E-state index is -0.0931. The van der Waals surface area contributed by atoms with Crippen LogP contribution in [0.25, 0.3) is 16.6 Å². The van der Waals surface area contributed by atoms with Gasteiger partial charge in [-0.25, -0.2) is 9.97 Å². The minimum Gasteiger partial charge on any atom is -0.351 e. The van der Waals surface area contributed by atoms with E-state index in [0.717, 1.165) is 31.1 Å². The van der Waals surface area contributed by atoms with Crippen LogP contribution in [-0.2, 0) is 0 Å². The number of anilines is 2. The minimum absolute atomic E-state index is 0.0931. The molecule has 0 spiro atoms. The van der Waals surface area contributed by atoms with Crippen LogP contribution in [0.3, 0.4) is 0 Å². The zero-order chi connectivity index (χ0) is 26.4. The molecule has 2 atom stereocenters. The van der Waals surface area contributed by atoms with Crippen LogP contribution in [-0.4, -0.2) is 32.7 Å². The Hall–Kier alpha value is -3.76. The highest BCUT2D eigenvalue weighted by Gasteiger charge is 2.23. The van der Waals surface area contributed by atoms with Gasteiger partial charge in [-0.05, 0) is 55.9 Å². The maximum Gasteiger partial charge on any atom is 0.227 e. The van der Waals surface area contributed by atoms with E-state index >= 15 is 0 Å². The number of aliphatic imine (C=N–C) groups is 1. The first-order valence-corrected chi connectivity index (χ1v) is 12.9. The van der Waals surface area contributed by atoms with Gasteiger partial charge in [0.25, 0.3) is 0 Å². The molecular weight excluding hydrogens is 484 g/mol. The number of aromatic amines is 1. The van der Waals surface area contributed by atoms with E-state index in [1.807, 2.05) is 6.07 Å². The van der Waals surface area contributed by atoms with Crippen molar-refractivity contribution in [3.63, 3.8) is 0 Å². The molecule has 7 nitrogen and oxygen atoms in total. The van der Waals surface area contributed by atoms with Gasteiger partial charge in [0, 0.05) is 35.3 Å². The zero-order valence-electron chi connectivity index (χ0n) is 21.1. The number of aromatic nitrogens is 3. The van der Waals surface area contributed by atoms with E-state index in [1.165, 1.54) is 6.42 Å². The van der Waals surface area contributed by atoms with Gasteiger partial charge < -0.3 is 15.7 Å². The molecule has 1 aromatic carbocycles. The average Bonchev–Trinajstić information content (AvgIpc) is 3.19. The predicted molar refractivity (Wildman–Crippen MR) is 152 cm³/mol. The van der Waals surface area contributed by atoms with Crippen molar-refractivity contribution in [3.8, 4) is 12.3 Å². The van der Waals surface area contributed by atoms with Crippen LogP contribution in [0.5, 0.6) is 0 Å². The number of carbonyl (C=O) groups is 1. The van der Waals surface area contributed by atoms with E-state index in [4.69, 9.17) is 23.4 Å². The van der Waals surface area contributed by atoms with E-state index in [-0.39, 0.29) is 18.1 Å². The molecule has 3 N–H and O–H groups in total. The molecule has 1 fully saturated rings. The third-order valence-corrected chi connectivity index (χ3v) is 7.04. The Kier molecular flexibility index (Phi) is 8.52. The topological polar surface area (TPSA) is 107 Å². The lowest BCUT2D eigenvalue weighted by Gasteiger charge is -2.15. The fourth-order valence-corrected chi connectivity index (χ4v) is 5.03. The Balaban J connectivity index is 1.51. The number of fused-ring (bicyclic) bond motifs is 1. The van der Waals surface area contributed by atoms with Crippen LogP contribution in [0, 0.1) is 29.6 Å². The van der Waals surface area contributed by atoms with Crippen molar-refractivity contribution >= 4 is 57.5 Å². The Morgan fingerprint density at radius 1 is 1.32 bits per heavy atom. The monoisotopic (exact) mass is 514 g/mol. The summed E-state index contributed by atoms with van der Waals surface area (Å²) in [5.41, 5.74) is 3.49. The molecule has 8 heteroatoms. The van der Waals surface area contributed by atoms with E-state index in [0.29, 0.717) is 50.9 Å². The summed E-state index contributed by atoms with van der Waals surface area (Å²) in [4.78, 5) is 29.3. The molecule has 0 aliphatic heterocycles. The number of rotatable bonds is 8. The second-order valence-corrected chi connectivity index (χ2v) is 9.92. The summed E-state index contributed by atoms with van der Waals surface area (Å²) in [6.45, 7) is 4.07. The van der Waals surface area contributed by atoms with E-state index in [1.54, 1.807) is 43.6 Å². The summed E-state index contributed by atoms with van der Waals surface area (Å²) in [7, 11) is 0. The molecule has 4 rings (SSSR count). The molecule has 190 valence electrons. The Bertz CT molecular complexity index is 1410. The number of nitrogens with zero attached hydrogens (tertiary/aromatic N) is 3. The standard InChI is InChI=1S/C29H31ClN6O/c1-4-7-24(32-5-2)25-12-13-33-29(36-25)34-21-14-20-15-26(35-28(20)22(30)16-21)27(37)17-23(31)19-9-6-8-18(3)10-11-19/h1,5,7,12-16,18-19,31,35H,6,8-11,17H2,2-3H3,(H,33,34,36). The van der Waals surface area contributed by atoms with Gasteiger partial charge >= 0.3 is 0 Å². The van der Waals surface area contributed by atoms with Crippen LogP contribution < -0.4 is 5.32 Å². The summed E-state index contributed by atoms with van der Waals surface area (Å²) in [5, 5.41) is 13.0. The van der Waals surface area contributed by atoms with Crippen molar-refractivity contribution in [1.29, 1.82) is 5.41 Å². The highest BCUT2D eigenvalue weighted by atomic mass is 35.5. The molecule has 2 heterocycles. The highest BCUT2D eigenvalue weighted by molar-refractivity contribution is 6.35. The van der Waals surface area contributed by atoms with Gasteiger partial charge in [-0.2, -0.15) is 0 Å². The first kappa shape index (κ1) is 26.3. The van der Waals surface area contributed by atoms with Gasteiger partial charge in [-0.3, -0.25) is 9.79 Å². The van der Waals surface area contributed by atoms with Crippen LogP contribution in [0.1, 0.15) is 68.6 Å². The van der Waals surface area contributed by atoms with Crippen molar-refractivity contribution in [2.24, 2.45) is 16.8 Å². The third kappa shape index (κ3) is 6.52. The van der Waals surface area contributed by atoms with Gasteiger partial charge in [-0.1, -0.05) is 43.7 Å². The van der Waals surface area contributed by atoms with E-state index in [9.17, 15) is 4.79 Å². The van der Waals surface area contributed by atoms with Crippen molar-refractivity contribution in [3.05, 3.63) is 52.9 Å². The van der Waals surface area contributed by atoms with Gasteiger partial charge in [0.15, 0.2) is 5.78 Å². The number of halogens is 1. The number of hydrogen-bond acceptors (Lipinski definition) is 6. The molecule has 1 saturated carbocycles. The summed E-state index contributed by atoms with van der Waals surface area (Å²) >= 11 is 6.55. The summed E-state index contributed by atoms with van der Waals surface area (Å²) < 4.78 is 0. The molecule has 0 bridgehead atoms. The summed E-state index contributed by atoms with van der Waals surface area (Å²) in [6, 6.07) is 7.15. The number of H-pyrrole nitrogens is 1. The Labute approximate surface area is 222 Å². The SMILES string of the molecule is C#CC=C(N=CC)c1ccnc(Nc2cc(Cl)c3[nH]c(C(=O)CC(=N)C4CCCC(C)CC4)cc3c2)n1. The molecule has 0 amide bonds. The van der Waals surface area contributed by atoms with Crippen LogP contribution in [0.2, 0.25) is 5.02 Å². The molecule has 2 unspecified atom stereocenters. The maximum atomic E-state index is 13.0. The Morgan fingerprint density at radius 2 is 2.16 bits per heavy atom. The van der Waals surface area contributed by atoms with Crippen molar-refractivity contribution in [2.75, 3.05) is 5.32 Å². The predicted octanol–water partition coefficient (Wildman–Crippen LogP) is 7.23. The van der Waals surface area contributed by atoms with Gasteiger partial charge in [0.2, 0.25) is 5.95 Å². The molecule has 1 aliphatic rings. The summed E-state index contributed by atoms with van der Waals surface area (Å²) in [5.74, 6) is 3.65. The van der Waals surface area contributed by atoms with Crippen LogP contribution >= 0.6 is 11.6 Å². The quantitative estimate of drug-likeness (QED) is 0.127. The number of nitrogens with one attached hydrogen (secondary N) is 3. The highest BCUT2D eigenvalue weighted by Crippen LogP contribution is 2.31. The second kappa shape index (κ2) is 12.0. The van der Waals surface area contributed by atoms with E-state index in [2.05, 4.69) is 38.1 Å². The molecule has 2 aromatic heterocycles. The largest absolute Gasteiger partial charge is 0.351 e. The third-order valence-electron chi connectivity index (χ3n) is 6.74. The fourth-order valence-electron chi connectivity index (χ4n) is 4.76. The first-order chi connectivity index (χ1) is 17.9. The van der Waals surface area contributed by atoms with Crippen LogP contribution in [0.15, 0.2) is 41.5 Å². The average molecular weight is 515 g/mol. The lowest BCUT2D eigenvalue weighted by Crippen LogP contribution is -2.17. The number of terminal acetylenes is 1. The normalized spacial score (nSPS) is 18.5. The molecule has 0 radical (unpaired) electrons. The van der Waals surface area contributed by atoms with Gasteiger partial charge in [0.1, 0.15) is 0 Å². The zero-order valence-corrected chi connectivity index (χ0v) is 21.9. The molecular formula is C29H31ClN6O. The number of carbonyl (C=O) groups excluding carboxylic acids is 1. The molecule has 3 aromatic rings. The lowest BCUT2D eigenvalue weighted by molar-refractivity contribution is 0.0995. The summed E-state index contributed by atoms with van der Waals surface area (Å²) in [6.07, 6.45) is 15.8. The smallest absolute Gasteiger partial charge is 0.227 e. The molecule has 0 saturated heterocycles. The molecule has 37 heavy (non-hydrogen) atoms. The first-order valence-electron chi connectivity index (χ1n) is 12.6. The van der Waals surface area contributed by atoms with Crippen molar-refractivity contribution in [2.45, 2.75) is 52.4 Å². The van der Waals surface area contributed by atoms with E-state index < -0.39 is 0 Å². The lowest BCUT2D eigenvalue weighted by atomic mass is 9.91. The number of allylic oxidation sites excluding steroid dienone is 1. The maximum absolute atomic E-state index is 13.0. The molecule has 1 aliphatic carbocycles. The number of benzene rings is 1. The Morgan fingerprint density at radius 3 is 2.95 bits per heavy atom. The van der Waals surface area contributed by atoms with Crippen LogP contribution in [0.4, 0.5) is 11.6 Å². The second-order valence-electron chi connectivity index (χ2n) is 9.51. The van der Waals surface area contributed by atoms with Gasteiger partial charge in [-0.15, -0.1) is 6.42 Å². The van der Waals surface area contributed by atoms with Gasteiger partial charge in [0.05, 0.1) is 34.0 Å². The van der Waals surface area contributed by atoms with Crippen molar-refractivity contribution < 1.29 is 4.79 Å². The number of hydrogen-bond donors (Lipinski definition) is 3. The van der Waals surface area contributed by atoms with Crippen molar-refractivity contribution in [1.82, 2.24) is 15.0 Å². The number of Topliss-reactive ketones (excluding diaryl/α,β-unsaturated/α-hetero) is 1. The number of ketones is 1.